The SMILES string of the molecule is OCCOCn1cnc2c(I)nc(Cl)nc21. The fourth-order valence-corrected chi connectivity index (χ4v) is 2.12. The van der Waals surface area contributed by atoms with Crippen LogP contribution in [0.4, 0.5) is 0 Å². The molecule has 0 saturated carbocycles. The van der Waals surface area contributed by atoms with Gasteiger partial charge in [0.2, 0.25) is 5.28 Å². The number of hydrogen-bond acceptors (Lipinski definition) is 5. The first-order valence-electron chi connectivity index (χ1n) is 4.45. The summed E-state index contributed by atoms with van der Waals surface area (Å²) in [6, 6.07) is 0. The molecule has 0 spiro atoms. The van der Waals surface area contributed by atoms with Gasteiger partial charge in [-0.15, -0.1) is 0 Å². The predicted octanol–water partition coefficient (Wildman–Crippen LogP) is 1.05. The van der Waals surface area contributed by atoms with Gasteiger partial charge in [0.15, 0.2) is 5.65 Å². The number of aromatic nitrogens is 4. The maximum Gasteiger partial charge on any atom is 0.225 e. The smallest absolute Gasteiger partial charge is 0.225 e. The number of ether oxygens (including phenoxy) is 1. The lowest BCUT2D eigenvalue weighted by Crippen LogP contribution is -2.06. The first-order chi connectivity index (χ1) is 7.72. The Morgan fingerprint density at radius 3 is 3.06 bits per heavy atom. The highest BCUT2D eigenvalue weighted by molar-refractivity contribution is 14.1. The molecule has 0 saturated heterocycles. The molecule has 6 nitrogen and oxygen atoms in total. The molecule has 0 amide bonds. The molecule has 0 unspecified atom stereocenters. The molecule has 8 heteroatoms. The van der Waals surface area contributed by atoms with Crippen LogP contribution in [0.5, 0.6) is 0 Å². The highest BCUT2D eigenvalue weighted by Gasteiger charge is 2.10. The summed E-state index contributed by atoms with van der Waals surface area (Å²) in [6.45, 7) is 0.538. The average molecular weight is 355 g/mol. The average Bonchev–Trinajstić information content (AvgIpc) is 2.62. The zero-order valence-corrected chi connectivity index (χ0v) is 11.0. The second-order valence-electron chi connectivity index (χ2n) is 2.93. The number of rotatable bonds is 4. The Balaban J connectivity index is 2.32. The largest absolute Gasteiger partial charge is 0.394 e. The zero-order chi connectivity index (χ0) is 11.5. The van der Waals surface area contributed by atoms with Crippen LogP contribution in [0.1, 0.15) is 0 Å². The van der Waals surface area contributed by atoms with Crippen molar-refractivity contribution in [3.05, 3.63) is 15.3 Å². The second kappa shape index (κ2) is 5.21. The molecule has 0 bridgehead atoms. The molecule has 2 aromatic heterocycles. The summed E-state index contributed by atoms with van der Waals surface area (Å²) in [5.74, 6) is 0. The van der Waals surface area contributed by atoms with Crippen molar-refractivity contribution in [2.75, 3.05) is 13.2 Å². The second-order valence-corrected chi connectivity index (χ2v) is 4.29. The van der Waals surface area contributed by atoms with Gasteiger partial charge in [0.05, 0.1) is 19.5 Å². The molecule has 0 atom stereocenters. The van der Waals surface area contributed by atoms with E-state index in [9.17, 15) is 0 Å². The molecule has 0 aliphatic heterocycles. The van der Waals surface area contributed by atoms with E-state index in [-0.39, 0.29) is 25.2 Å². The summed E-state index contributed by atoms with van der Waals surface area (Å²) < 4.78 is 7.59. The Bertz CT molecular complexity index is 504. The van der Waals surface area contributed by atoms with Gasteiger partial charge in [-0.1, -0.05) is 0 Å². The van der Waals surface area contributed by atoms with Gasteiger partial charge < -0.3 is 9.84 Å². The summed E-state index contributed by atoms with van der Waals surface area (Å²) in [5, 5.41) is 8.78. The van der Waals surface area contributed by atoms with Crippen molar-refractivity contribution in [3.63, 3.8) is 0 Å². The topological polar surface area (TPSA) is 73.1 Å². The van der Waals surface area contributed by atoms with Crippen LogP contribution in [-0.2, 0) is 11.5 Å². The third-order valence-electron chi connectivity index (χ3n) is 1.86. The molecule has 86 valence electrons. The molecule has 0 aliphatic rings. The number of nitrogens with zero attached hydrogens (tertiary/aromatic N) is 4. The van der Waals surface area contributed by atoms with E-state index in [4.69, 9.17) is 21.4 Å². The number of aliphatic hydroxyl groups is 1. The normalized spacial score (nSPS) is 11.2. The Kier molecular flexibility index (Phi) is 3.90. The van der Waals surface area contributed by atoms with E-state index < -0.39 is 0 Å². The van der Waals surface area contributed by atoms with E-state index >= 15 is 0 Å². The Labute approximate surface area is 110 Å². The molecule has 1 N–H and O–H groups in total. The zero-order valence-electron chi connectivity index (χ0n) is 8.10. The van der Waals surface area contributed by atoms with Crippen molar-refractivity contribution in [1.29, 1.82) is 0 Å². The van der Waals surface area contributed by atoms with Crippen LogP contribution in [-0.4, -0.2) is 37.8 Å². The van der Waals surface area contributed by atoms with Crippen LogP contribution in [0.25, 0.3) is 11.2 Å². The minimum Gasteiger partial charge on any atom is -0.394 e. The quantitative estimate of drug-likeness (QED) is 0.385. The molecular weight excluding hydrogens is 346 g/mol. The number of aliphatic hydroxyl groups excluding tert-OH is 1. The third kappa shape index (κ3) is 2.42. The minimum atomic E-state index is -0.0140. The van der Waals surface area contributed by atoms with Crippen LogP contribution in [0.15, 0.2) is 6.33 Å². The summed E-state index contributed by atoms with van der Waals surface area (Å²) in [6.07, 6.45) is 1.61. The van der Waals surface area contributed by atoms with E-state index in [1.165, 1.54) is 0 Å². The highest BCUT2D eigenvalue weighted by atomic mass is 127. The maximum atomic E-state index is 8.60. The summed E-state index contributed by atoms with van der Waals surface area (Å²) >= 11 is 7.82. The van der Waals surface area contributed by atoms with Crippen molar-refractivity contribution in [1.82, 2.24) is 19.5 Å². The highest BCUT2D eigenvalue weighted by Crippen LogP contribution is 2.17. The Morgan fingerprint density at radius 2 is 2.31 bits per heavy atom. The summed E-state index contributed by atoms with van der Waals surface area (Å²) in [5.41, 5.74) is 1.32. The van der Waals surface area contributed by atoms with Crippen molar-refractivity contribution >= 4 is 45.4 Å². The standard InChI is InChI=1S/C8H8ClIN4O2/c9-8-12-6(10)5-7(13-8)14(3-11-5)4-16-2-1-15/h3,15H,1-2,4H2. The van der Waals surface area contributed by atoms with Gasteiger partial charge >= 0.3 is 0 Å². The molecule has 0 fully saturated rings. The van der Waals surface area contributed by atoms with Gasteiger partial charge in [0.1, 0.15) is 15.9 Å². The summed E-state index contributed by atoms with van der Waals surface area (Å²) in [4.78, 5) is 12.2. The monoisotopic (exact) mass is 354 g/mol. The Morgan fingerprint density at radius 1 is 1.50 bits per heavy atom. The van der Waals surface area contributed by atoms with Crippen LogP contribution in [0.2, 0.25) is 5.28 Å². The van der Waals surface area contributed by atoms with E-state index in [2.05, 4.69) is 15.0 Å². The lowest BCUT2D eigenvalue weighted by atomic mass is 10.6. The number of imidazole rings is 1. The van der Waals surface area contributed by atoms with E-state index in [1.807, 2.05) is 22.6 Å². The fourth-order valence-electron chi connectivity index (χ4n) is 1.21. The van der Waals surface area contributed by atoms with Crippen molar-refractivity contribution in [2.24, 2.45) is 0 Å². The van der Waals surface area contributed by atoms with Gasteiger partial charge in [0.25, 0.3) is 0 Å². The number of hydrogen-bond donors (Lipinski definition) is 1. The molecular formula is C8H8ClIN4O2. The van der Waals surface area contributed by atoms with Gasteiger partial charge in [-0.25, -0.2) is 9.97 Å². The minimum absolute atomic E-state index is 0.0140. The Hall–Kier alpha value is -0.510. The van der Waals surface area contributed by atoms with E-state index in [0.29, 0.717) is 14.9 Å². The van der Waals surface area contributed by atoms with Crippen molar-refractivity contribution in [3.8, 4) is 0 Å². The molecule has 2 heterocycles. The lowest BCUT2D eigenvalue weighted by molar-refractivity contribution is 0.0499. The van der Waals surface area contributed by atoms with E-state index in [0.717, 1.165) is 0 Å². The van der Waals surface area contributed by atoms with Crippen LogP contribution in [0.3, 0.4) is 0 Å². The van der Waals surface area contributed by atoms with Gasteiger partial charge in [0, 0.05) is 0 Å². The first kappa shape index (κ1) is 12.0. The van der Waals surface area contributed by atoms with E-state index in [1.54, 1.807) is 10.9 Å². The van der Waals surface area contributed by atoms with Crippen LogP contribution >= 0.6 is 34.2 Å². The van der Waals surface area contributed by atoms with Crippen molar-refractivity contribution in [2.45, 2.75) is 6.73 Å². The molecule has 2 rings (SSSR count). The predicted molar refractivity (Wildman–Crippen MR) is 66.1 cm³/mol. The van der Waals surface area contributed by atoms with Crippen molar-refractivity contribution < 1.29 is 9.84 Å². The molecule has 2 aromatic rings. The molecule has 0 aliphatic carbocycles. The van der Waals surface area contributed by atoms with Gasteiger partial charge in [-0.3, -0.25) is 4.57 Å². The molecule has 0 radical (unpaired) electrons. The lowest BCUT2D eigenvalue weighted by Gasteiger charge is -2.04. The summed E-state index contributed by atoms with van der Waals surface area (Å²) in [7, 11) is 0. The molecule has 0 aromatic carbocycles. The van der Waals surface area contributed by atoms with Crippen LogP contribution in [0, 0.1) is 3.70 Å². The maximum absolute atomic E-state index is 8.60. The van der Waals surface area contributed by atoms with Crippen LogP contribution < -0.4 is 0 Å². The van der Waals surface area contributed by atoms with Gasteiger partial charge in [-0.05, 0) is 34.2 Å². The number of fused-ring (bicyclic) bond motifs is 1. The fraction of sp³-hybridized carbons (Fsp3) is 0.375. The van der Waals surface area contributed by atoms with Gasteiger partial charge in [-0.2, -0.15) is 4.98 Å². The number of halogens is 2. The third-order valence-corrected chi connectivity index (χ3v) is 2.78. The molecule has 16 heavy (non-hydrogen) atoms. The first-order valence-corrected chi connectivity index (χ1v) is 5.90.